The standard InChI is InChI=1S/C10H13NO/c1-3-12-9(2)8-10-4-6-11-7-5-10/h4-8H,3H2,1-2H3. The van der Waals surface area contributed by atoms with Crippen molar-refractivity contribution in [3.8, 4) is 0 Å². The first-order chi connectivity index (χ1) is 5.83. The van der Waals surface area contributed by atoms with Crippen molar-refractivity contribution < 1.29 is 4.74 Å². The van der Waals surface area contributed by atoms with Gasteiger partial charge in [0.05, 0.1) is 12.4 Å². The third-order valence-corrected chi connectivity index (χ3v) is 1.45. The van der Waals surface area contributed by atoms with Crippen LogP contribution in [0.5, 0.6) is 0 Å². The van der Waals surface area contributed by atoms with Gasteiger partial charge in [0.25, 0.3) is 0 Å². The van der Waals surface area contributed by atoms with Crippen LogP contribution in [0, 0.1) is 0 Å². The van der Waals surface area contributed by atoms with Crippen LogP contribution in [0.1, 0.15) is 19.4 Å². The lowest BCUT2D eigenvalue weighted by Gasteiger charge is -2.01. The highest BCUT2D eigenvalue weighted by atomic mass is 16.5. The largest absolute Gasteiger partial charge is 0.499 e. The molecule has 64 valence electrons. The van der Waals surface area contributed by atoms with Crippen molar-refractivity contribution in [3.05, 3.63) is 35.8 Å². The minimum absolute atomic E-state index is 0.716. The fourth-order valence-electron chi connectivity index (χ4n) is 0.964. The number of hydrogen-bond donors (Lipinski definition) is 0. The molecular formula is C10H13NO. The molecule has 0 aliphatic rings. The zero-order valence-corrected chi connectivity index (χ0v) is 7.45. The average Bonchev–Trinajstić information content (AvgIpc) is 2.06. The van der Waals surface area contributed by atoms with Crippen LogP contribution in [0.15, 0.2) is 30.3 Å². The molecule has 0 fully saturated rings. The molecule has 2 nitrogen and oxygen atoms in total. The van der Waals surface area contributed by atoms with Gasteiger partial charge < -0.3 is 4.74 Å². The minimum Gasteiger partial charge on any atom is -0.499 e. The highest BCUT2D eigenvalue weighted by molar-refractivity contribution is 5.49. The van der Waals surface area contributed by atoms with Gasteiger partial charge in [-0.25, -0.2) is 0 Å². The van der Waals surface area contributed by atoms with E-state index in [9.17, 15) is 0 Å². The van der Waals surface area contributed by atoms with E-state index in [4.69, 9.17) is 4.74 Å². The predicted molar refractivity (Wildman–Crippen MR) is 49.5 cm³/mol. The summed E-state index contributed by atoms with van der Waals surface area (Å²) in [5.74, 6) is 0.934. The zero-order valence-electron chi connectivity index (χ0n) is 7.45. The molecule has 0 N–H and O–H groups in total. The van der Waals surface area contributed by atoms with Crippen molar-refractivity contribution in [2.75, 3.05) is 6.61 Å². The Labute approximate surface area is 72.9 Å². The molecule has 0 radical (unpaired) electrons. The molecule has 2 heteroatoms. The minimum atomic E-state index is 0.716. The molecule has 0 spiro atoms. The maximum absolute atomic E-state index is 5.29. The fourth-order valence-corrected chi connectivity index (χ4v) is 0.964. The van der Waals surface area contributed by atoms with E-state index in [0.717, 1.165) is 11.3 Å². The zero-order chi connectivity index (χ0) is 8.81. The van der Waals surface area contributed by atoms with Crippen molar-refractivity contribution in [2.24, 2.45) is 0 Å². The lowest BCUT2D eigenvalue weighted by atomic mass is 10.2. The molecule has 1 aromatic rings. The van der Waals surface area contributed by atoms with Crippen molar-refractivity contribution in [1.29, 1.82) is 0 Å². The van der Waals surface area contributed by atoms with E-state index >= 15 is 0 Å². The van der Waals surface area contributed by atoms with Crippen LogP contribution in [-0.2, 0) is 4.74 Å². The molecule has 0 aliphatic carbocycles. The molecule has 0 atom stereocenters. The van der Waals surface area contributed by atoms with Crippen LogP contribution >= 0.6 is 0 Å². The highest BCUT2D eigenvalue weighted by Crippen LogP contribution is 2.05. The quantitative estimate of drug-likeness (QED) is 0.638. The van der Waals surface area contributed by atoms with Crippen molar-refractivity contribution in [2.45, 2.75) is 13.8 Å². The maximum Gasteiger partial charge on any atom is 0.0934 e. The van der Waals surface area contributed by atoms with E-state index in [1.165, 1.54) is 0 Å². The van der Waals surface area contributed by atoms with E-state index in [0.29, 0.717) is 6.61 Å². The molecule has 1 heterocycles. The van der Waals surface area contributed by atoms with Crippen LogP contribution in [0.2, 0.25) is 0 Å². The maximum atomic E-state index is 5.29. The number of pyridine rings is 1. The Morgan fingerprint density at radius 1 is 1.50 bits per heavy atom. The third kappa shape index (κ3) is 2.74. The van der Waals surface area contributed by atoms with Crippen LogP contribution in [0.4, 0.5) is 0 Å². The topological polar surface area (TPSA) is 22.1 Å². The molecule has 0 saturated carbocycles. The first kappa shape index (κ1) is 8.78. The lowest BCUT2D eigenvalue weighted by Crippen LogP contribution is -1.86. The molecule has 1 rings (SSSR count). The Morgan fingerprint density at radius 3 is 2.75 bits per heavy atom. The number of hydrogen-bond acceptors (Lipinski definition) is 2. The molecule has 0 aromatic carbocycles. The fraction of sp³-hybridized carbons (Fsp3) is 0.300. The van der Waals surface area contributed by atoms with E-state index in [2.05, 4.69) is 4.98 Å². The van der Waals surface area contributed by atoms with Crippen molar-refractivity contribution in [1.82, 2.24) is 4.98 Å². The van der Waals surface area contributed by atoms with E-state index in [1.807, 2.05) is 32.1 Å². The van der Waals surface area contributed by atoms with Crippen molar-refractivity contribution >= 4 is 6.08 Å². The van der Waals surface area contributed by atoms with Crippen LogP contribution in [-0.4, -0.2) is 11.6 Å². The van der Waals surface area contributed by atoms with Gasteiger partial charge >= 0.3 is 0 Å². The monoisotopic (exact) mass is 163 g/mol. The van der Waals surface area contributed by atoms with Crippen LogP contribution in [0.3, 0.4) is 0 Å². The van der Waals surface area contributed by atoms with E-state index < -0.39 is 0 Å². The summed E-state index contributed by atoms with van der Waals surface area (Å²) in [5, 5.41) is 0. The normalized spacial score (nSPS) is 11.3. The lowest BCUT2D eigenvalue weighted by molar-refractivity contribution is 0.235. The second-order valence-corrected chi connectivity index (χ2v) is 2.47. The second kappa shape index (κ2) is 4.54. The second-order valence-electron chi connectivity index (χ2n) is 2.47. The van der Waals surface area contributed by atoms with Crippen molar-refractivity contribution in [3.63, 3.8) is 0 Å². The first-order valence-electron chi connectivity index (χ1n) is 4.04. The molecule has 12 heavy (non-hydrogen) atoms. The van der Waals surface area contributed by atoms with Crippen LogP contribution in [0.25, 0.3) is 6.08 Å². The highest BCUT2D eigenvalue weighted by Gasteiger charge is 1.88. The summed E-state index contributed by atoms with van der Waals surface area (Å²) in [5.41, 5.74) is 1.12. The molecule has 0 aliphatic heterocycles. The Balaban J connectivity index is 2.67. The van der Waals surface area contributed by atoms with Crippen LogP contribution < -0.4 is 0 Å². The smallest absolute Gasteiger partial charge is 0.0934 e. The third-order valence-electron chi connectivity index (χ3n) is 1.45. The molecular weight excluding hydrogens is 150 g/mol. The van der Waals surface area contributed by atoms with Gasteiger partial charge in [0, 0.05) is 12.4 Å². The van der Waals surface area contributed by atoms with Gasteiger partial charge in [-0.2, -0.15) is 0 Å². The number of nitrogens with zero attached hydrogens (tertiary/aromatic N) is 1. The molecule has 0 saturated heterocycles. The average molecular weight is 163 g/mol. The molecule has 1 aromatic heterocycles. The summed E-state index contributed by atoms with van der Waals surface area (Å²) in [6.07, 6.45) is 5.53. The van der Waals surface area contributed by atoms with E-state index in [1.54, 1.807) is 12.4 Å². The summed E-state index contributed by atoms with van der Waals surface area (Å²) in [6.45, 7) is 4.64. The Hall–Kier alpha value is -1.31. The number of ether oxygens (including phenoxy) is 1. The Morgan fingerprint density at radius 2 is 2.17 bits per heavy atom. The van der Waals surface area contributed by atoms with Gasteiger partial charge in [0.15, 0.2) is 0 Å². The number of aromatic nitrogens is 1. The van der Waals surface area contributed by atoms with Gasteiger partial charge in [-0.1, -0.05) is 0 Å². The first-order valence-corrected chi connectivity index (χ1v) is 4.04. The van der Waals surface area contributed by atoms with Gasteiger partial charge in [0.1, 0.15) is 0 Å². The summed E-state index contributed by atoms with van der Waals surface area (Å²) >= 11 is 0. The summed E-state index contributed by atoms with van der Waals surface area (Å²) in [7, 11) is 0. The Bertz CT molecular complexity index is 254. The molecule has 0 unspecified atom stereocenters. The SMILES string of the molecule is CCOC(C)=Cc1ccncc1. The molecule has 0 bridgehead atoms. The Kier molecular flexibility index (Phi) is 3.33. The van der Waals surface area contributed by atoms with Gasteiger partial charge in [-0.15, -0.1) is 0 Å². The number of allylic oxidation sites excluding steroid dienone is 1. The summed E-state index contributed by atoms with van der Waals surface area (Å²) in [6, 6.07) is 3.89. The van der Waals surface area contributed by atoms with E-state index in [-0.39, 0.29) is 0 Å². The summed E-state index contributed by atoms with van der Waals surface area (Å²) < 4.78 is 5.29. The van der Waals surface area contributed by atoms with Gasteiger partial charge in [-0.05, 0) is 37.6 Å². The molecule has 0 amide bonds. The predicted octanol–water partition coefficient (Wildman–Crippen LogP) is 2.48. The number of rotatable bonds is 3. The summed E-state index contributed by atoms with van der Waals surface area (Å²) in [4.78, 5) is 3.93. The van der Waals surface area contributed by atoms with Gasteiger partial charge in [0.2, 0.25) is 0 Å². The van der Waals surface area contributed by atoms with Gasteiger partial charge in [-0.3, -0.25) is 4.98 Å².